The number of amides is 1. The van der Waals surface area contributed by atoms with Gasteiger partial charge in [0, 0.05) is 31.7 Å². The van der Waals surface area contributed by atoms with Crippen molar-refractivity contribution in [3.05, 3.63) is 35.4 Å². The monoisotopic (exact) mass is 304 g/mol. The predicted molar refractivity (Wildman–Crippen MR) is 88.9 cm³/mol. The fraction of sp³-hybridized carbons (Fsp3) is 0.611. The lowest BCUT2D eigenvalue weighted by molar-refractivity contribution is -0.0704. The van der Waals surface area contributed by atoms with Gasteiger partial charge in [0.2, 0.25) is 0 Å². The van der Waals surface area contributed by atoms with Crippen LogP contribution in [-0.4, -0.2) is 42.6 Å². The summed E-state index contributed by atoms with van der Waals surface area (Å²) in [5.41, 5.74) is 1.97. The zero-order valence-corrected chi connectivity index (χ0v) is 14.1. The molecule has 0 aliphatic carbocycles. The molecule has 1 N–H and O–H groups in total. The number of rotatable bonds is 5. The van der Waals surface area contributed by atoms with Crippen molar-refractivity contribution in [1.82, 2.24) is 10.2 Å². The number of nitrogens with zero attached hydrogens (tertiary/aromatic N) is 1. The largest absolute Gasteiger partial charge is 0.373 e. The molecule has 1 aromatic carbocycles. The average molecular weight is 304 g/mol. The first-order chi connectivity index (χ1) is 10.4. The van der Waals surface area contributed by atoms with E-state index in [1.165, 1.54) is 5.56 Å². The maximum Gasteiger partial charge on any atom is 0.251 e. The number of hydrogen-bond acceptors (Lipinski definition) is 3. The first-order valence-corrected chi connectivity index (χ1v) is 8.19. The lowest BCUT2D eigenvalue weighted by atomic mass is 10.1. The molecule has 2 rings (SSSR count). The van der Waals surface area contributed by atoms with Crippen LogP contribution in [0.5, 0.6) is 0 Å². The third-order valence-corrected chi connectivity index (χ3v) is 3.79. The summed E-state index contributed by atoms with van der Waals surface area (Å²) in [6, 6.07) is 7.93. The topological polar surface area (TPSA) is 41.6 Å². The maximum absolute atomic E-state index is 12.0. The van der Waals surface area contributed by atoms with E-state index in [1.54, 1.807) is 0 Å². The van der Waals surface area contributed by atoms with E-state index in [4.69, 9.17) is 4.74 Å². The molecule has 4 heteroatoms. The molecule has 22 heavy (non-hydrogen) atoms. The molecule has 1 fully saturated rings. The smallest absolute Gasteiger partial charge is 0.251 e. The van der Waals surface area contributed by atoms with Gasteiger partial charge >= 0.3 is 0 Å². The van der Waals surface area contributed by atoms with Gasteiger partial charge in [-0.05, 0) is 37.5 Å². The van der Waals surface area contributed by atoms with Gasteiger partial charge in [-0.2, -0.15) is 0 Å². The van der Waals surface area contributed by atoms with Crippen LogP contribution in [0.2, 0.25) is 0 Å². The molecule has 4 nitrogen and oxygen atoms in total. The van der Waals surface area contributed by atoms with Crippen molar-refractivity contribution in [3.63, 3.8) is 0 Å². The first-order valence-electron chi connectivity index (χ1n) is 8.19. The summed E-state index contributed by atoms with van der Waals surface area (Å²) in [4.78, 5) is 14.4. The first kappa shape index (κ1) is 17.0. The molecule has 1 aliphatic rings. The van der Waals surface area contributed by atoms with Crippen LogP contribution in [0.1, 0.15) is 43.6 Å². The Bertz CT molecular complexity index is 474. The minimum atomic E-state index is 0.00821. The minimum Gasteiger partial charge on any atom is -0.373 e. The average Bonchev–Trinajstić information content (AvgIpc) is 2.44. The molecule has 2 atom stereocenters. The minimum absolute atomic E-state index is 0.00821. The molecule has 0 radical (unpaired) electrons. The molecule has 122 valence electrons. The third kappa shape index (κ3) is 5.11. The Kier molecular flexibility index (Phi) is 5.98. The molecule has 1 heterocycles. The third-order valence-electron chi connectivity index (χ3n) is 3.79. The van der Waals surface area contributed by atoms with Crippen LogP contribution in [-0.2, 0) is 11.3 Å². The number of morpholine rings is 1. The zero-order chi connectivity index (χ0) is 16.1. The summed E-state index contributed by atoms with van der Waals surface area (Å²) < 4.78 is 5.76. The van der Waals surface area contributed by atoms with E-state index < -0.39 is 0 Å². The molecule has 0 spiro atoms. The Morgan fingerprint density at radius 3 is 2.36 bits per heavy atom. The standard InChI is InChI=1S/C18H28N2O2/c1-13(2)9-19-18(21)17-7-5-16(6-8-17)12-20-10-14(3)22-15(4)11-20/h5-8,13-15H,9-12H2,1-4H3,(H,19,21)/t14-,15-/m1/s1. The number of carbonyl (C=O) groups is 1. The van der Waals surface area contributed by atoms with Crippen LogP contribution >= 0.6 is 0 Å². The van der Waals surface area contributed by atoms with Crippen molar-refractivity contribution in [2.75, 3.05) is 19.6 Å². The molecule has 1 aromatic rings. The van der Waals surface area contributed by atoms with Gasteiger partial charge in [-0.25, -0.2) is 0 Å². The second-order valence-corrected chi connectivity index (χ2v) is 6.75. The van der Waals surface area contributed by atoms with E-state index in [0.717, 1.165) is 25.2 Å². The fourth-order valence-corrected chi connectivity index (χ4v) is 2.83. The Morgan fingerprint density at radius 2 is 1.82 bits per heavy atom. The number of carbonyl (C=O) groups excluding carboxylic acids is 1. The molecule has 0 saturated carbocycles. The molecule has 0 bridgehead atoms. The van der Waals surface area contributed by atoms with Gasteiger partial charge in [-0.1, -0.05) is 26.0 Å². The summed E-state index contributed by atoms with van der Waals surface area (Å²) >= 11 is 0. The summed E-state index contributed by atoms with van der Waals surface area (Å²) in [6.45, 7) is 12.0. The number of benzene rings is 1. The highest BCUT2D eigenvalue weighted by atomic mass is 16.5. The molecule has 1 aliphatic heterocycles. The maximum atomic E-state index is 12.0. The second kappa shape index (κ2) is 7.75. The normalized spacial score (nSPS) is 22.8. The summed E-state index contributed by atoms with van der Waals surface area (Å²) in [7, 11) is 0. The number of ether oxygens (including phenoxy) is 1. The fourth-order valence-electron chi connectivity index (χ4n) is 2.83. The van der Waals surface area contributed by atoms with Gasteiger partial charge < -0.3 is 10.1 Å². The molecule has 0 unspecified atom stereocenters. The highest BCUT2D eigenvalue weighted by molar-refractivity contribution is 5.94. The molecule has 1 amide bonds. The Hall–Kier alpha value is -1.39. The summed E-state index contributed by atoms with van der Waals surface area (Å²) in [6.07, 6.45) is 0.565. The van der Waals surface area contributed by atoms with Crippen molar-refractivity contribution >= 4 is 5.91 Å². The van der Waals surface area contributed by atoms with Gasteiger partial charge in [0.15, 0.2) is 0 Å². The second-order valence-electron chi connectivity index (χ2n) is 6.75. The van der Waals surface area contributed by atoms with Crippen LogP contribution in [0, 0.1) is 5.92 Å². The van der Waals surface area contributed by atoms with Crippen molar-refractivity contribution in [3.8, 4) is 0 Å². The van der Waals surface area contributed by atoms with Gasteiger partial charge in [0.25, 0.3) is 5.91 Å². The highest BCUT2D eigenvalue weighted by Crippen LogP contribution is 2.14. The van der Waals surface area contributed by atoms with Crippen LogP contribution in [0.25, 0.3) is 0 Å². The van der Waals surface area contributed by atoms with Crippen LogP contribution in [0.3, 0.4) is 0 Å². The van der Waals surface area contributed by atoms with E-state index in [1.807, 2.05) is 12.1 Å². The van der Waals surface area contributed by atoms with Crippen molar-refractivity contribution in [2.45, 2.75) is 46.4 Å². The number of nitrogens with one attached hydrogen (secondary N) is 1. The van der Waals surface area contributed by atoms with Gasteiger partial charge in [0.1, 0.15) is 0 Å². The molecular weight excluding hydrogens is 276 g/mol. The Labute approximate surface area is 133 Å². The predicted octanol–water partition coefficient (Wildman–Crippen LogP) is 2.68. The summed E-state index contributed by atoms with van der Waals surface area (Å²) in [5.74, 6) is 0.474. The number of hydrogen-bond donors (Lipinski definition) is 1. The van der Waals surface area contributed by atoms with Crippen molar-refractivity contribution < 1.29 is 9.53 Å². The van der Waals surface area contributed by atoms with E-state index in [9.17, 15) is 4.79 Å². The van der Waals surface area contributed by atoms with Crippen molar-refractivity contribution in [2.24, 2.45) is 5.92 Å². The van der Waals surface area contributed by atoms with E-state index >= 15 is 0 Å². The highest BCUT2D eigenvalue weighted by Gasteiger charge is 2.22. The molecule has 1 saturated heterocycles. The molecular formula is C18H28N2O2. The lowest BCUT2D eigenvalue weighted by Crippen LogP contribution is -2.44. The van der Waals surface area contributed by atoms with Crippen LogP contribution in [0.4, 0.5) is 0 Å². The Balaban J connectivity index is 1.90. The molecule has 0 aromatic heterocycles. The lowest BCUT2D eigenvalue weighted by Gasteiger charge is -2.35. The van der Waals surface area contributed by atoms with Gasteiger partial charge in [-0.15, -0.1) is 0 Å². The van der Waals surface area contributed by atoms with Gasteiger partial charge in [0.05, 0.1) is 12.2 Å². The van der Waals surface area contributed by atoms with Gasteiger partial charge in [-0.3, -0.25) is 9.69 Å². The van der Waals surface area contributed by atoms with E-state index in [0.29, 0.717) is 12.5 Å². The quantitative estimate of drug-likeness (QED) is 0.909. The Morgan fingerprint density at radius 1 is 1.23 bits per heavy atom. The van der Waals surface area contributed by atoms with E-state index in [2.05, 4.69) is 50.0 Å². The summed E-state index contributed by atoms with van der Waals surface area (Å²) in [5, 5.41) is 2.94. The van der Waals surface area contributed by atoms with Crippen LogP contribution in [0.15, 0.2) is 24.3 Å². The zero-order valence-electron chi connectivity index (χ0n) is 14.1. The van der Waals surface area contributed by atoms with Crippen LogP contribution < -0.4 is 5.32 Å². The van der Waals surface area contributed by atoms with E-state index in [-0.39, 0.29) is 18.1 Å². The van der Waals surface area contributed by atoms with Crippen molar-refractivity contribution in [1.29, 1.82) is 0 Å². The SMILES string of the molecule is CC(C)CNC(=O)c1ccc(CN2C[C@@H](C)O[C@H](C)C2)cc1.